The van der Waals surface area contributed by atoms with Crippen LogP contribution in [0.3, 0.4) is 0 Å². The Morgan fingerprint density at radius 3 is 2.57 bits per heavy atom. The lowest BCUT2D eigenvalue weighted by Crippen LogP contribution is -2.48. The van der Waals surface area contributed by atoms with E-state index in [1.165, 1.54) is 6.21 Å². The standard InChI is InChI=1S/C20H23N9O/c1-13(22)15(9-21)16-12-29-17(10-25-19(29)11-24-16)20-23-4-3-18(26-20)28-7-5-27(6-8-28)14(2)30/h3-4,9-12,21H,5-8,22H2,1-2H3. The second-order valence-electron chi connectivity index (χ2n) is 7.12. The topological polar surface area (TPSA) is 129 Å². The SMILES string of the molecule is CC(=O)N1CCN(c2ccnc(-c3cnc4cnc(C(C=N)=C(C)N)cn34)n2)CC1. The van der Waals surface area contributed by atoms with Crippen LogP contribution in [-0.4, -0.2) is 67.5 Å². The molecule has 3 aromatic heterocycles. The molecular formula is C20H23N9O. The number of nitrogens with zero attached hydrogens (tertiary/aromatic N) is 7. The molecule has 0 aromatic carbocycles. The van der Waals surface area contributed by atoms with Gasteiger partial charge in [-0.15, -0.1) is 0 Å². The molecule has 10 heteroatoms. The third-order valence-corrected chi connectivity index (χ3v) is 5.16. The largest absolute Gasteiger partial charge is 0.402 e. The average Bonchev–Trinajstić information content (AvgIpc) is 3.17. The summed E-state index contributed by atoms with van der Waals surface area (Å²) >= 11 is 0. The fourth-order valence-electron chi connectivity index (χ4n) is 3.48. The predicted molar refractivity (Wildman–Crippen MR) is 114 cm³/mol. The van der Waals surface area contributed by atoms with Gasteiger partial charge in [-0.05, 0) is 13.0 Å². The minimum absolute atomic E-state index is 0.0965. The van der Waals surface area contributed by atoms with Crippen LogP contribution >= 0.6 is 0 Å². The number of hydrogen-bond donors (Lipinski definition) is 2. The van der Waals surface area contributed by atoms with Crippen LogP contribution in [0.4, 0.5) is 5.82 Å². The first kappa shape index (κ1) is 19.5. The number of carbonyl (C=O) groups excluding carboxylic acids is 1. The third-order valence-electron chi connectivity index (χ3n) is 5.16. The molecule has 30 heavy (non-hydrogen) atoms. The van der Waals surface area contributed by atoms with Crippen molar-refractivity contribution in [2.45, 2.75) is 13.8 Å². The van der Waals surface area contributed by atoms with Crippen molar-refractivity contribution in [3.8, 4) is 11.5 Å². The zero-order chi connectivity index (χ0) is 21.3. The second-order valence-corrected chi connectivity index (χ2v) is 7.12. The summed E-state index contributed by atoms with van der Waals surface area (Å²) in [5.41, 5.74) is 8.90. The van der Waals surface area contributed by atoms with E-state index >= 15 is 0 Å². The molecule has 0 radical (unpaired) electrons. The third kappa shape index (κ3) is 3.59. The lowest BCUT2D eigenvalue weighted by Gasteiger charge is -2.34. The molecule has 0 bridgehead atoms. The maximum Gasteiger partial charge on any atom is 0.219 e. The molecule has 3 N–H and O–H groups in total. The van der Waals surface area contributed by atoms with Crippen LogP contribution in [0.15, 0.2) is 36.6 Å². The molecular weight excluding hydrogens is 382 g/mol. The Morgan fingerprint density at radius 1 is 1.13 bits per heavy atom. The van der Waals surface area contributed by atoms with Gasteiger partial charge in [0.1, 0.15) is 11.5 Å². The quantitative estimate of drug-likeness (QED) is 0.624. The van der Waals surface area contributed by atoms with Crippen LogP contribution in [0.1, 0.15) is 19.5 Å². The van der Waals surface area contributed by atoms with E-state index in [-0.39, 0.29) is 5.91 Å². The molecule has 3 aromatic rings. The Morgan fingerprint density at radius 2 is 1.90 bits per heavy atom. The first-order valence-corrected chi connectivity index (χ1v) is 9.62. The smallest absolute Gasteiger partial charge is 0.219 e. The van der Waals surface area contributed by atoms with Crippen LogP contribution < -0.4 is 10.6 Å². The van der Waals surface area contributed by atoms with Crippen molar-refractivity contribution in [2.24, 2.45) is 5.73 Å². The van der Waals surface area contributed by atoms with Crippen molar-refractivity contribution in [3.05, 3.63) is 42.2 Å². The van der Waals surface area contributed by atoms with Crippen molar-refractivity contribution in [2.75, 3.05) is 31.1 Å². The highest BCUT2D eigenvalue weighted by Gasteiger charge is 2.20. The molecule has 1 saturated heterocycles. The number of piperazine rings is 1. The Balaban J connectivity index is 1.68. The van der Waals surface area contributed by atoms with Crippen LogP contribution in [0.25, 0.3) is 22.7 Å². The summed E-state index contributed by atoms with van der Waals surface area (Å²) < 4.78 is 1.85. The van der Waals surface area contributed by atoms with Crippen molar-refractivity contribution in [3.63, 3.8) is 0 Å². The van der Waals surface area contributed by atoms with Gasteiger partial charge in [0.25, 0.3) is 0 Å². The lowest BCUT2D eigenvalue weighted by atomic mass is 10.2. The van der Waals surface area contributed by atoms with Crippen molar-refractivity contribution < 1.29 is 4.79 Å². The number of amides is 1. The summed E-state index contributed by atoms with van der Waals surface area (Å²) in [5, 5.41) is 7.62. The van der Waals surface area contributed by atoms with Gasteiger partial charge in [-0.25, -0.2) is 15.0 Å². The van der Waals surface area contributed by atoms with E-state index in [1.54, 1.807) is 38.6 Å². The number of nitrogens with two attached hydrogens (primary N) is 1. The highest BCUT2D eigenvalue weighted by Crippen LogP contribution is 2.22. The molecule has 4 heterocycles. The molecule has 0 aliphatic carbocycles. The molecule has 4 rings (SSSR count). The van der Waals surface area contributed by atoms with E-state index in [4.69, 9.17) is 16.1 Å². The summed E-state index contributed by atoms with van der Waals surface area (Å²) in [6.45, 7) is 6.13. The second kappa shape index (κ2) is 7.90. The summed E-state index contributed by atoms with van der Waals surface area (Å²) in [6.07, 6.45) is 8.05. The van der Waals surface area contributed by atoms with Crippen molar-refractivity contribution >= 4 is 29.2 Å². The van der Waals surface area contributed by atoms with Gasteiger partial charge in [-0.2, -0.15) is 0 Å². The van der Waals surface area contributed by atoms with Gasteiger partial charge < -0.3 is 20.9 Å². The zero-order valence-corrected chi connectivity index (χ0v) is 16.9. The maximum absolute atomic E-state index is 11.6. The van der Waals surface area contributed by atoms with E-state index in [0.29, 0.717) is 41.5 Å². The van der Waals surface area contributed by atoms with Crippen molar-refractivity contribution in [1.29, 1.82) is 5.41 Å². The first-order valence-electron chi connectivity index (χ1n) is 9.62. The van der Waals surface area contributed by atoms with Crippen LogP contribution in [0.5, 0.6) is 0 Å². The maximum atomic E-state index is 11.6. The molecule has 10 nitrogen and oxygen atoms in total. The molecule has 1 aliphatic heterocycles. The number of fused-ring (bicyclic) bond motifs is 1. The van der Waals surface area contributed by atoms with E-state index in [0.717, 1.165) is 24.6 Å². The van der Waals surface area contributed by atoms with Crippen LogP contribution in [0.2, 0.25) is 0 Å². The first-order chi connectivity index (χ1) is 14.5. The van der Waals surface area contributed by atoms with Crippen molar-refractivity contribution in [1.82, 2.24) is 29.2 Å². The summed E-state index contributed by atoms with van der Waals surface area (Å²) in [6, 6.07) is 1.87. The highest BCUT2D eigenvalue weighted by molar-refractivity contribution is 6.08. The minimum Gasteiger partial charge on any atom is -0.402 e. The average molecular weight is 405 g/mol. The minimum atomic E-state index is 0.0965. The van der Waals surface area contributed by atoms with Gasteiger partial charge in [0.15, 0.2) is 11.5 Å². The highest BCUT2D eigenvalue weighted by atomic mass is 16.2. The van der Waals surface area contributed by atoms with E-state index < -0.39 is 0 Å². The predicted octanol–water partition coefficient (Wildman–Crippen LogP) is 1.19. The Labute approximate surface area is 173 Å². The number of hydrogen-bond acceptors (Lipinski definition) is 8. The number of anilines is 1. The van der Waals surface area contributed by atoms with Gasteiger partial charge in [0.2, 0.25) is 5.91 Å². The Hall–Kier alpha value is -3.82. The summed E-state index contributed by atoms with van der Waals surface area (Å²) in [7, 11) is 0. The molecule has 0 spiro atoms. The fraction of sp³-hybridized carbons (Fsp3) is 0.300. The number of rotatable bonds is 4. The van der Waals surface area contributed by atoms with E-state index in [2.05, 4.69) is 19.9 Å². The number of carbonyl (C=O) groups is 1. The van der Waals surface area contributed by atoms with Crippen LogP contribution in [-0.2, 0) is 4.79 Å². The molecule has 154 valence electrons. The molecule has 0 unspecified atom stereocenters. The van der Waals surface area contributed by atoms with Gasteiger partial charge in [-0.1, -0.05) is 0 Å². The van der Waals surface area contributed by atoms with Gasteiger partial charge in [0.05, 0.1) is 18.1 Å². The summed E-state index contributed by atoms with van der Waals surface area (Å²) in [4.78, 5) is 33.5. The van der Waals surface area contributed by atoms with Gasteiger partial charge >= 0.3 is 0 Å². The Kier molecular flexibility index (Phi) is 5.13. The number of allylic oxidation sites excluding steroid dienone is 2. The molecule has 1 amide bonds. The van der Waals surface area contributed by atoms with Gasteiger partial charge in [0, 0.05) is 63.0 Å². The van der Waals surface area contributed by atoms with E-state index in [1.807, 2.05) is 15.4 Å². The molecule has 1 fully saturated rings. The fourth-order valence-corrected chi connectivity index (χ4v) is 3.48. The molecule has 0 atom stereocenters. The lowest BCUT2D eigenvalue weighted by molar-refractivity contribution is -0.129. The number of imidazole rings is 1. The number of nitrogens with one attached hydrogen (secondary N) is 1. The molecule has 1 aliphatic rings. The van der Waals surface area contributed by atoms with Crippen LogP contribution in [0, 0.1) is 5.41 Å². The van der Waals surface area contributed by atoms with Gasteiger partial charge in [-0.3, -0.25) is 14.2 Å². The molecule has 0 saturated carbocycles. The Bertz CT molecular complexity index is 1140. The number of aromatic nitrogens is 5. The summed E-state index contributed by atoms with van der Waals surface area (Å²) in [5.74, 6) is 1.44. The normalized spacial score (nSPS) is 15.3. The zero-order valence-electron chi connectivity index (χ0n) is 16.9. The van der Waals surface area contributed by atoms with E-state index in [9.17, 15) is 4.79 Å². The monoisotopic (exact) mass is 405 g/mol.